The van der Waals surface area contributed by atoms with Crippen molar-refractivity contribution < 1.29 is 13.9 Å². The molecule has 0 aliphatic carbocycles. The number of hydrogen-bond donors (Lipinski definition) is 1. The fourth-order valence-corrected chi connectivity index (χ4v) is 2.97. The summed E-state index contributed by atoms with van der Waals surface area (Å²) in [7, 11) is 2.12. The van der Waals surface area contributed by atoms with Gasteiger partial charge in [0.05, 0.1) is 5.02 Å². The lowest BCUT2D eigenvalue weighted by Gasteiger charge is -2.34. The van der Waals surface area contributed by atoms with Crippen LogP contribution in [0.3, 0.4) is 0 Å². The lowest BCUT2D eigenvalue weighted by Crippen LogP contribution is -2.44. The van der Waals surface area contributed by atoms with Crippen LogP contribution in [0.25, 0.3) is 0 Å². The summed E-state index contributed by atoms with van der Waals surface area (Å²) < 4.78 is 18.3. The van der Waals surface area contributed by atoms with Gasteiger partial charge in [0.15, 0.2) is 6.61 Å². The average Bonchev–Trinajstić information content (AvgIpc) is 2.62. The first-order chi connectivity index (χ1) is 12.5. The minimum absolute atomic E-state index is 0.134. The average molecular weight is 378 g/mol. The Balaban J connectivity index is 1.51. The Bertz CT molecular complexity index is 762. The summed E-state index contributed by atoms with van der Waals surface area (Å²) in [5, 5.41) is 2.91. The van der Waals surface area contributed by atoms with Crippen molar-refractivity contribution in [2.24, 2.45) is 0 Å². The van der Waals surface area contributed by atoms with E-state index in [4.69, 9.17) is 16.3 Å². The number of halogens is 2. The second-order valence-corrected chi connectivity index (χ2v) is 6.66. The normalized spacial score (nSPS) is 15.0. The number of anilines is 2. The molecule has 1 N–H and O–H groups in total. The fraction of sp³-hybridized carbons (Fsp3) is 0.316. The number of carbonyl (C=O) groups is 1. The Labute approximate surface area is 157 Å². The van der Waals surface area contributed by atoms with E-state index in [0.717, 1.165) is 37.9 Å². The molecule has 1 aliphatic rings. The third-order valence-corrected chi connectivity index (χ3v) is 4.57. The zero-order valence-corrected chi connectivity index (χ0v) is 15.3. The first-order valence-electron chi connectivity index (χ1n) is 8.42. The number of carbonyl (C=O) groups excluding carboxylic acids is 1. The molecular formula is C19H21ClFN3O2. The Morgan fingerprint density at radius 2 is 1.85 bits per heavy atom. The number of likely N-dealkylation sites (N-methyl/N-ethyl adjacent to an activating group) is 1. The molecule has 0 bridgehead atoms. The number of nitrogens with one attached hydrogen (secondary N) is 1. The molecule has 0 aromatic heterocycles. The van der Waals surface area contributed by atoms with Crippen LogP contribution in [0, 0.1) is 5.82 Å². The van der Waals surface area contributed by atoms with Crippen molar-refractivity contribution in [1.82, 2.24) is 4.90 Å². The molecule has 2 aromatic carbocycles. The third-order valence-electron chi connectivity index (χ3n) is 4.27. The summed E-state index contributed by atoms with van der Waals surface area (Å²) in [4.78, 5) is 16.6. The first kappa shape index (κ1) is 18.5. The van der Waals surface area contributed by atoms with Gasteiger partial charge in [-0.3, -0.25) is 4.79 Å². The van der Waals surface area contributed by atoms with E-state index in [2.05, 4.69) is 22.2 Å². The van der Waals surface area contributed by atoms with Gasteiger partial charge in [-0.25, -0.2) is 4.39 Å². The second kappa shape index (κ2) is 8.38. The molecule has 138 valence electrons. The summed E-state index contributed by atoms with van der Waals surface area (Å²) in [6.45, 7) is 3.87. The molecule has 0 unspecified atom stereocenters. The van der Waals surface area contributed by atoms with Crippen LogP contribution >= 0.6 is 11.6 Å². The van der Waals surface area contributed by atoms with E-state index < -0.39 is 5.82 Å². The molecular weight excluding hydrogens is 357 g/mol. The Morgan fingerprint density at radius 1 is 1.15 bits per heavy atom. The molecule has 0 saturated carbocycles. The number of rotatable bonds is 5. The van der Waals surface area contributed by atoms with Crippen molar-refractivity contribution in [2.45, 2.75) is 0 Å². The lowest BCUT2D eigenvalue weighted by molar-refractivity contribution is -0.118. The van der Waals surface area contributed by atoms with E-state index in [1.165, 1.54) is 12.1 Å². The molecule has 3 rings (SSSR count). The summed E-state index contributed by atoms with van der Waals surface area (Å²) in [6.07, 6.45) is 0. The summed E-state index contributed by atoms with van der Waals surface area (Å²) in [5.74, 6) is -0.487. The lowest BCUT2D eigenvalue weighted by atomic mass is 10.2. The van der Waals surface area contributed by atoms with Crippen LogP contribution in [0.5, 0.6) is 5.75 Å². The van der Waals surface area contributed by atoms with Gasteiger partial charge < -0.3 is 19.9 Å². The minimum Gasteiger partial charge on any atom is -0.482 e. The summed E-state index contributed by atoms with van der Waals surface area (Å²) in [5.41, 5.74) is 1.84. The van der Waals surface area contributed by atoms with Crippen LogP contribution in [0.2, 0.25) is 5.02 Å². The van der Waals surface area contributed by atoms with Crippen LogP contribution in [0.4, 0.5) is 15.8 Å². The molecule has 7 heteroatoms. The summed E-state index contributed by atoms with van der Waals surface area (Å²) >= 11 is 5.87. The molecule has 1 aliphatic heterocycles. The monoisotopic (exact) mass is 377 g/mol. The predicted molar refractivity (Wildman–Crippen MR) is 102 cm³/mol. The standard InChI is InChI=1S/C19H21ClFN3O2/c1-23-8-10-24(11-9-23)16-5-3-15(4-6-16)22-19(25)13-26-18-7-2-14(21)12-17(18)20/h2-7,12H,8-11,13H2,1H3,(H,22,25). The second-order valence-electron chi connectivity index (χ2n) is 6.25. The van der Waals surface area contributed by atoms with Gasteiger partial charge in [-0.1, -0.05) is 11.6 Å². The highest BCUT2D eigenvalue weighted by atomic mass is 35.5. The molecule has 0 atom stereocenters. The number of nitrogens with zero attached hydrogens (tertiary/aromatic N) is 2. The maximum Gasteiger partial charge on any atom is 0.262 e. The smallest absolute Gasteiger partial charge is 0.262 e. The van der Waals surface area contributed by atoms with Gasteiger partial charge in [0.25, 0.3) is 5.91 Å². The summed E-state index contributed by atoms with van der Waals surface area (Å²) in [6, 6.07) is 11.5. The largest absolute Gasteiger partial charge is 0.482 e. The first-order valence-corrected chi connectivity index (χ1v) is 8.80. The number of piperazine rings is 1. The highest BCUT2D eigenvalue weighted by molar-refractivity contribution is 6.32. The van der Waals surface area contributed by atoms with Crippen LogP contribution < -0.4 is 15.0 Å². The van der Waals surface area contributed by atoms with Gasteiger partial charge in [0, 0.05) is 37.6 Å². The zero-order chi connectivity index (χ0) is 18.5. The molecule has 1 amide bonds. The number of benzene rings is 2. The van der Waals surface area contributed by atoms with Crippen LogP contribution in [0.1, 0.15) is 0 Å². The highest BCUT2D eigenvalue weighted by Gasteiger charge is 2.14. The van der Waals surface area contributed by atoms with Crippen molar-refractivity contribution in [2.75, 3.05) is 50.1 Å². The quantitative estimate of drug-likeness (QED) is 0.868. The highest BCUT2D eigenvalue weighted by Crippen LogP contribution is 2.25. The van der Waals surface area contributed by atoms with Crippen molar-refractivity contribution in [3.05, 3.63) is 53.3 Å². The van der Waals surface area contributed by atoms with Crippen molar-refractivity contribution in [3.63, 3.8) is 0 Å². The topological polar surface area (TPSA) is 44.8 Å². The van der Waals surface area contributed by atoms with E-state index in [0.29, 0.717) is 5.69 Å². The van der Waals surface area contributed by atoms with E-state index in [1.807, 2.05) is 24.3 Å². The van der Waals surface area contributed by atoms with E-state index in [9.17, 15) is 9.18 Å². The molecule has 26 heavy (non-hydrogen) atoms. The number of amides is 1. The van der Waals surface area contributed by atoms with Gasteiger partial charge in [0.2, 0.25) is 0 Å². The molecule has 1 heterocycles. The van der Waals surface area contributed by atoms with Crippen LogP contribution in [-0.4, -0.2) is 50.6 Å². The number of hydrogen-bond acceptors (Lipinski definition) is 4. The molecule has 5 nitrogen and oxygen atoms in total. The van der Waals surface area contributed by atoms with E-state index >= 15 is 0 Å². The maximum atomic E-state index is 13.0. The van der Waals surface area contributed by atoms with E-state index in [1.54, 1.807) is 0 Å². The Hall–Kier alpha value is -2.31. The fourth-order valence-electron chi connectivity index (χ4n) is 2.75. The zero-order valence-electron chi connectivity index (χ0n) is 14.5. The predicted octanol–water partition coefficient (Wildman–Crippen LogP) is 3.25. The SMILES string of the molecule is CN1CCN(c2ccc(NC(=O)COc3ccc(F)cc3Cl)cc2)CC1. The van der Waals surface area contributed by atoms with Crippen molar-refractivity contribution in [3.8, 4) is 5.75 Å². The molecule has 1 saturated heterocycles. The Kier molecular flexibility index (Phi) is 5.96. The van der Waals surface area contributed by atoms with Gasteiger partial charge in [-0.15, -0.1) is 0 Å². The number of ether oxygens (including phenoxy) is 1. The van der Waals surface area contributed by atoms with Gasteiger partial charge in [0.1, 0.15) is 11.6 Å². The molecule has 2 aromatic rings. The molecule has 0 radical (unpaired) electrons. The van der Waals surface area contributed by atoms with Gasteiger partial charge in [-0.05, 0) is 49.5 Å². The molecule has 0 spiro atoms. The maximum absolute atomic E-state index is 13.0. The van der Waals surface area contributed by atoms with Crippen molar-refractivity contribution >= 4 is 28.9 Å². The molecule has 1 fully saturated rings. The van der Waals surface area contributed by atoms with Crippen molar-refractivity contribution in [1.29, 1.82) is 0 Å². The van der Waals surface area contributed by atoms with Crippen LogP contribution in [-0.2, 0) is 4.79 Å². The van der Waals surface area contributed by atoms with E-state index in [-0.39, 0.29) is 23.3 Å². The Morgan fingerprint density at radius 3 is 2.50 bits per heavy atom. The van der Waals surface area contributed by atoms with Gasteiger partial charge in [-0.2, -0.15) is 0 Å². The van der Waals surface area contributed by atoms with Crippen LogP contribution in [0.15, 0.2) is 42.5 Å². The van der Waals surface area contributed by atoms with Gasteiger partial charge >= 0.3 is 0 Å². The third kappa shape index (κ3) is 4.86. The minimum atomic E-state index is -0.452.